The Balaban J connectivity index is 2.26. The van der Waals surface area contributed by atoms with E-state index in [1.54, 1.807) is 26.8 Å². The van der Waals surface area contributed by atoms with Crippen LogP contribution in [0, 0.1) is 15.5 Å². The summed E-state index contributed by atoms with van der Waals surface area (Å²) < 4.78 is 0. The molecule has 7 nitrogen and oxygen atoms in total. The molecule has 0 fully saturated rings. The summed E-state index contributed by atoms with van der Waals surface area (Å²) in [5.74, 6) is -0.825. The molecule has 0 heterocycles. The normalized spacial score (nSPS) is 11.6. The quantitative estimate of drug-likeness (QED) is 0.477. The molecule has 27 heavy (non-hydrogen) atoms. The van der Waals surface area contributed by atoms with E-state index in [1.165, 1.54) is 24.3 Å². The Morgan fingerprint density at radius 2 is 1.59 bits per heavy atom. The second-order valence-corrected chi connectivity index (χ2v) is 6.93. The first kappa shape index (κ1) is 19.8. The first-order valence-electron chi connectivity index (χ1n) is 8.31. The van der Waals surface area contributed by atoms with Gasteiger partial charge in [0.15, 0.2) is 0 Å². The maximum atomic E-state index is 12.7. The molecule has 0 radical (unpaired) electrons. The zero-order valence-corrected chi connectivity index (χ0v) is 15.4. The predicted octanol–water partition coefficient (Wildman–Crippen LogP) is 3.74. The highest BCUT2D eigenvalue weighted by Crippen LogP contribution is 2.18. The van der Waals surface area contributed by atoms with Crippen LogP contribution in [-0.2, 0) is 9.59 Å². The molecule has 2 N–H and O–H groups in total. The van der Waals surface area contributed by atoms with Crippen LogP contribution in [-0.4, -0.2) is 16.7 Å². The van der Waals surface area contributed by atoms with Gasteiger partial charge in [0.25, 0.3) is 11.6 Å². The van der Waals surface area contributed by atoms with E-state index in [1.807, 2.05) is 30.3 Å². The van der Waals surface area contributed by atoms with Gasteiger partial charge < -0.3 is 10.6 Å². The summed E-state index contributed by atoms with van der Waals surface area (Å²) in [4.78, 5) is 35.2. The van der Waals surface area contributed by atoms with Crippen LogP contribution in [0.3, 0.4) is 0 Å². The largest absolute Gasteiger partial charge is 0.321 e. The van der Waals surface area contributed by atoms with Gasteiger partial charge in [0.1, 0.15) is 5.70 Å². The van der Waals surface area contributed by atoms with Crippen molar-refractivity contribution in [3.05, 3.63) is 76.0 Å². The summed E-state index contributed by atoms with van der Waals surface area (Å²) in [5, 5.41) is 16.0. The van der Waals surface area contributed by atoms with Crippen molar-refractivity contribution in [2.75, 3.05) is 5.32 Å². The lowest BCUT2D eigenvalue weighted by atomic mass is 9.95. The fourth-order valence-electron chi connectivity index (χ4n) is 2.05. The lowest BCUT2D eigenvalue weighted by Crippen LogP contribution is -2.38. The number of carbonyl (C=O) groups is 2. The molecule has 2 aromatic carbocycles. The summed E-state index contributed by atoms with van der Waals surface area (Å²) in [7, 11) is 0. The fourth-order valence-corrected chi connectivity index (χ4v) is 2.05. The van der Waals surface area contributed by atoms with Crippen molar-refractivity contribution in [2.45, 2.75) is 20.8 Å². The topological polar surface area (TPSA) is 101 Å². The highest BCUT2D eigenvalue weighted by Gasteiger charge is 2.24. The summed E-state index contributed by atoms with van der Waals surface area (Å²) in [5.41, 5.74) is 0.465. The summed E-state index contributed by atoms with van der Waals surface area (Å²) in [6.07, 6.45) is 1.57. The van der Waals surface area contributed by atoms with E-state index in [-0.39, 0.29) is 17.3 Å². The number of carbonyl (C=O) groups excluding carboxylic acids is 2. The fraction of sp³-hybridized carbons (Fsp3) is 0.200. The smallest absolute Gasteiger partial charge is 0.272 e. The van der Waals surface area contributed by atoms with Gasteiger partial charge in [-0.3, -0.25) is 19.7 Å². The van der Waals surface area contributed by atoms with Crippen LogP contribution < -0.4 is 10.6 Å². The molecule has 0 bridgehead atoms. The molecule has 0 atom stereocenters. The van der Waals surface area contributed by atoms with Crippen molar-refractivity contribution in [1.82, 2.24) is 5.32 Å². The number of non-ortho nitro benzene ring substituents is 1. The average molecular weight is 367 g/mol. The number of benzene rings is 2. The first-order valence-corrected chi connectivity index (χ1v) is 8.31. The van der Waals surface area contributed by atoms with Crippen LogP contribution in [0.2, 0.25) is 0 Å². The molecule has 0 aliphatic carbocycles. The first-order chi connectivity index (χ1) is 12.7. The number of hydrogen-bond donors (Lipinski definition) is 2. The van der Waals surface area contributed by atoms with Gasteiger partial charge in [0, 0.05) is 23.2 Å². The van der Waals surface area contributed by atoms with E-state index in [2.05, 4.69) is 10.6 Å². The number of hydrogen-bond acceptors (Lipinski definition) is 4. The Kier molecular flexibility index (Phi) is 6.07. The summed E-state index contributed by atoms with van der Waals surface area (Å²) in [6, 6.07) is 14.6. The minimum atomic E-state index is -0.677. The van der Waals surface area contributed by atoms with Crippen LogP contribution in [0.15, 0.2) is 60.3 Å². The van der Waals surface area contributed by atoms with Gasteiger partial charge in [-0.25, -0.2) is 0 Å². The number of nitrogens with zero attached hydrogens (tertiary/aromatic N) is 1. The van der Waals surface area contributed by atoms with Crippen molar-refractivity contribution in [3.63, 3.8) is 0 Å². The van der Waals surface area contributed by atoms with Crippen molar-refractivity contribution in [2.24, 2.45) is 5.41 Å². The molecule has 0 unspecified atom stereocenters. The predicted molar refractivity (Wildman–Crippen MR) is 104 cm³/mol. The summed E-state index contributed by atoms with van der Waals surface area (Å²) in [6.45, 7) is 5.24. The highest BCUT2D eigenvalue weighted by atomic mass is 16.6. The maximum Gasteiger partial charge on any atom is 0.272 e. The molecule has 0 aliphatic heterocycles. The number of anilines is 1. The number of amides is 2. The minimum Gasteiger partial charge on any atom is -0.321 e. The molecule has 0 aromatic heterocycles. The van der Waals surface area contributed by atoms with Gasteiger partial charge in [-0.2, -0.15) is 0 Å². The zero-order valence-electron chi connectivity index (χ0n) is 15.4. The minimum absolute atomic E-state index is 0.0749. The summed E-state index contributed by atoms with van der Waals surface area (Å²) >= 11 is 0. The van der Waals surface area contributed by atoms with Crippen molar-refractivity contribution >= 4 is 29.3 Å². The van der Waals surface area contributed by atoms with E-state index in [0.29, 0.717) is 5.69 Å². The molecule has 2 rings (SSSR count). The standard InChI is InChI=1S/C20H21N3O4/c1-20(2,3)19(25)22-17(13-14-7-5-4-6-8-14)18(24)21-15-9-11-16(12-10-15)23(26)27/h4-13H,1-3H3,(H,21,24)(H,22,25)/b17-13+. The van der Waals surface area contributed by atoms with Crippen molar-refractivity contribution in [3.8, 4) is 0 Å². The number of rotatable bonds is 5. The van der Waals surface area contributed by atoms with Gasteiger partial charge in [-0.05, 0) is 23.8 Å². The molecule has 140 valence electrons. The van der Waals surface area contributed by atoms with Crippen LogP contribution in [0.4, 0.5) is 11.4 Å². The third-order valence-electron chi connectivity index (χ3n) is 3.62. The second-order valence-electron chi connectivity index (χ2n) is 6.93. The van der Waals surface area contributed by atoms with E-state index < -0.39 is 16.2 Å². The Bertz CT molecular complexity index is 866. The molecular formula is C20H21N3O4. The monoisotopic (exact) mass is 367 g/mol. The van der Waals surface area contributed by atoms with Crippen molar-refractivity contribution in [1.29, 1.82) is 0 Å². The van der Waals surface area contributed by atoms with Gasteiger partial charge >= 0.3 is 0 Å². The third-order valence-corrected chi connectivity index (χ3v) is 3.62. The lowest BCUT2D eigenvalue weighted by molar-refractivity contribution is -0.384. The van der Waals surface area contributed by atoms with E-state index in [9.17, 15) is 19.7 Å². The molecule has 2 aromatic rings. The van der Waals surface area contributed by atoms with E-state index in [0.717, 1.165) is 5.56 Å². The number of nitro benzene ring substituents is 1. The van der Waals surface area contributed by atoms with Crippen LogP contribution >= 0.6 is 0 Å². The van der Waals surface area contributed by atoms with Gasteiger partial charge in [0.2, 0.25) is 5.91 Å². The Morgan fingerprint density at radius 1 is 1.00 bits per heavy atom. The molecule has 0 saturated carbocycles. The van der Waals surface area contributed by atoms with Gasteiger partial charge in [0.05, 0.1) is 4.92 Å². The molecule has 0 aliphatic rings. The van der Waals surface area contributed by atoms with Gasteiger partial charge in [-0.15, -0.1) is 0 Å². The molecule has 2 amide bonds. The lowest BCUT2D eigenvalue weighted by Gasteiger charge is -2.19. The van der Waals surface area contributed by atoms with Crippen LogP contribution in [0.25, 0.3) is 6.08 Å². The SMILES string of the molecule is CC(C)(C)C(=O)N/C(=C/c1ccccc1)C(=O)Nc1ccc([N+](=O)[O-])cc1. The van der Waals surface area contributed by atoms with Crippen molar-refractivity contribution < 1.29 is 14.5 Å². The molecule has 0 spiro atoms. The molecular weight excluding hydrogens is 346 g/mol. The number of nitrogens with one attached hydrogen (secondary N) is 2. The third kappa shape index (κ3) is 5.78. The highest BCUT2D eigenvalue weighted by molar-refractivity contribution is 6.09. The van der Waals surface area contributed by atoms with Crippen LogP contribution in [0.5, 0.6) is 0 Å². The second kappa shape index (κ2) is 8.27. The number of nitro groups is 1. The van der Waals surface area contributed by atoms with Gasteiger partial charge in [-0.1, -0.05) is 51.1 Å². The Morgan fingerprint density at radius 3 is 2.11 bits per heavy atom. The van der Waals surface area contributed by atoms with Crippen LogP contribution in [0.1, 0.15) is 26.3 Å². The molecule has 7 heteroatoms. The Hall–Kier alpha value is -3.48. The Labute approximate surface area is 157 Å². The zero-order chi connectivity index (χ0) is 20.0. The van der Waals surface area contributed by atoms with E-state index >= 15 is 0 Å². The van der Waals surface area contributed by atoms with E-state index in [4.69, 9.17) is 0 Å². The molecule has 0 saturated heterocycles. The maximum absolute atomic E-state index is 12.7. The average Bonchev–Trinajstić information content (AvgIpc) is 2.61.